The van der Waals surface area contributed by atoms with Crippen molar-refractivity contribution < 1.29 is 4.79 Å². The second kappa shape index (κ2) is 7.08. The molecule has 0 aromatic carbocycles. The third-order valence-corrected chi connectivity index (χ3v) is 3.64. The highest BCUT2D eigenvalue weighted by Crippen LogP contribution is 2.39. The average Bonchev–Trinajstić information content (AvgIpc) is 3.10. The lowest BCUT2D eigenvalue weighted by molar-refractivity contribution is -0.123. The predicted molar refractivity (Wildman–Crippen MR) is 81.0 cm³/mol. The zero-order chi connectivity index (χ0) is 15.3. The summed E-state index contributed by atoms with van der Waals surface area (Å²) in [4.78, 5) is 14.4. The number of nitrogens with zero attached hydrogens (tertiary/aromatic N) is 2. The monoisotopic (exact) mass is 279 g/mol. The summed E-state index contributed by atoms with van der Waals surface area (Å²) in [5, 5.41) is 12.2. The Hall–Kier alpha value is -1.08. The fourth-order valence-corrected chi connectivity index (χ4v) is 2.65. The van der Waals surface area contributed by atoms with Crippen LogP contribution in [0.5, 0.6) is 0 Å². The largest absolute Gasteiger partial charge is 0.337 e. The summed E-state index contributed by atoms with van der Waals surface area (Å²) in [5.41, 5.74) is -0.682. The quantitative estimate of drug-likeness (QED) is 0.742. The van der Waals surface area contributed by atoms with Gasteiger partial charge in [-0.05, 0) is 37.5 Å². The van der Waals surface area contributed by atoms with Crippen LogP contribution < -0.4 is 5.32 Å². The summed E-state index contributed by atoms with van der Waals surface area (Å²) in [7, 11) is 0. The number of nitriles is 1. The first-order valence-electron chi connectivity index (χ1n) is 7.71. The van der Waals surface area contributed by atoms with E-state index < -0.39 is 5.54 Å². The molecule has 114 valence electrons. The van der Waals surface area contributed by atoms with Crippen LogP contribution in [0.2, 0.25) is 0 Å². The molecule has 1 atom stereocenters. The molecule has 4 nitrogen and oxygen atoms in total. The van der Waals surface area contributed by atoms with Crippen molar-refractivity contribution in [2.45, 2.75) is 53.0 Å². The Bertz CT molecular complexity index is 358. The van der Waals surface area contributed by atoms with Gasteiger partial charge in [0, 0.05) is 13.1 Å². The van der Waals surface area contributed by atoms with E-state index in [1.165, 1.54) is 0 Å². The lowest BCUT2D eigenvalue weighted by Gasteiger charge is -2.28. The topological polar surface area (TPSA) is 56.1 Å². The fraction of sp³-hybridized carbons (Fsp3) is 0.875. The number of carbonyl (C=O) groups excluding carboxylic acids is 1. The first-order chi connectivity index (χ1) is 9.26. The van der Waals surface area contributed by atoms with Crippen molar-refractivity contribution in [1.29, 1.82) is 5.26 Å². The van der Waals surface area contributed by atoms with Gasteiger partial charge in [0.1, 0.15) is 5.54 Å². The SMILES string of the molecule is CC(C)CN(CC(=O)NC(C)(C#N)C1CC1)CC(C)C. The van der Waals surface area contributed by atoms with Gasteiger partial charge in [-0.15, -0.1) is 0 Å². The number of nitrogens with one attached hydrogen (secondary N) is 1. The fourth-order valence-electron chi connectivity index (χ4n) is 2.65. The van der Waals surface area contributed by atoms with E-state index in [9.17, 15) is 10.1 Å². The lowest BCUT2D eigenvalue weighted by Crippen LogP contribution is -2.51. The number of hydrogen-bond donors (Lipinski definition) is 1. The molecule has 20 heavy (non-hydrogen) atoms. The van der Waals surface area contributed by atoms with Crippen molar-refractivity contribution in [2.24, 2.45) is 17.8 Å². The minimum absolute atomic E-state index is 0.0257. The van der Waals surface area contributed by atoms with Gasteiger partial charge in [0.2, 0.25) is 5.91 Å². The molecule has 0 aromatic rings. The molecule has 0 saturated heterocycles. The first kappa shape index (κ1) is 17.0. The van der Waals surface area contributed by atoms with E-state index in [0.717, 1.165) is 25.9 Å². The van der Waals surface area contributed by atoms with Crippen LogP contribution in [-0.4, -0.2) is 36.0 Å². The van der Waals surface area contributed by atoms with Gasteiger partial charge in [0.15, 0.2) is 0 Å². The standard InChI is InChI=1S/C16H29N3O/c1-12(2)8-19(9-13(3)4)10-15(20)18-16(5,11-17)14-6-7-14/h12-14H,6-10H2,1-5H3,(H,18,20). The molecule has 1 aliphatic rings. The molecule has 1 rings (SSSR count). The average molecular weight is 279 g/mol. The maximum absolute atomic E-state index is 12.2. The van der Waals surface area contributed by atoms with Gasteiger partial charge in [-0.25, -0.2) is 0 Å². The molecule has 0 radical (unpaired) electrons. The van der Waals surface area contributed by atoms with Gasteiger partial charge in [0.05, 0.1) is 12.6 Å². The van der Waals surface area contributed by atoms with E-state index in [-0.39, 0.29) is 5.91 Å². The van der Waals surface area contributed by atoms with Crippen LogP contribution in [-0.2, 0) is 4.79 Å². The van der Waals surface area contributed by atoms with E-state index in [1.807, 2.05) is 6.92 Å². The van der Waals surface area contributed by atoms with E-state index in [1.54, 1.807) is 0 Å². The van der Waals surface area contributed by atoms with E-state index in [2.05, 4.69) is 44.0 Å². The molecular formula is C16H29N3O. The molecule has 1 unspecified atom stereocenters. The van der Waals surface area contributed by atoms with Crippen LogP contribution in [0.1, 0.15) is 47.5 Å². The second-order valence-corrected chi connectivity index (χ2v) is 7.12. The normalized spacial score (nSPS) is 18.1. The first-order valence-corrected chi connectivity index (χ1v) is 7.71. The summed E-state index contributed by atoms with van der Waals surface area (Å²) in [6.07, 6.45) is 2.10. The Balaban J connectivity index is 2.54. The molecule has 1 fully saturated rings. The number of hydrogen-bond acceptors (Lipinski definition) is 3. The van der Waals surface area contributed by atoms with E-state index in [4.69, 9.17) is 0 Å². The van der Waals surface area contributed by atoms with Crippen LogP contribution >= 0.6 is 0 Å². The number of carbonyl (C=O) groups is 1. The van der Waals surface area contributed by atoms with Crippen molar-refractivity contribution in [3.8, 4) is 6.07 Å². The molecule has 1 N–H and O–H groups in total. The third-order valence-electron chi connectivity index (χ3n) is 3.64. The summed E-state index contributed by atoms with van der Waals surface area (Å²) in [5.74, 6) is 1.38. The zero-order valence-electron chi connectivity index (χ0n) is 13.6. The van der Waals surface area contributed by atoms with Crippen LogP contribution in [0.25, 0.3) is 0 Å². The summed E-state index contributed by atoms with van der Waals surface area (Å²) in [6.45, 7) is 12.7. The van der Waals surface area contributed by atoms with Crippen molar-refractivity contribution in [2.75, 3.05) is 19.6 Å². The Kier molecular flexibility index (Phi) is 6.01. The molecule has 0 spiro atoms. The maximum Gasteiger partial charge on any atom is 0.235 e. The maximum atomic E-state index is 12.2. The number of rotatable bonds is 8. The highest BCUT2D eigenvalue weighted by Gasteiger charge is 2.43. The Morgan fingerprint density at radius 2 is 1.80 bits per heavy atom. The Morgan fingerprint density at radius 1 is 1.30 bits per heavy atom. The van der Waals surface area contributed by atoms with Crippen LogP contribution in [0.15, 0.2) is 0 Å². The molecule has 0 bridgehead atoms. The molecule has 0 aromatic heterocycles. The van der Waals surface area contributed by atoms with Crippen molar-refractivity contribution in [1.82, 2.24) is 10.2 Å². The number of amides is 1. The van der Waals surface area contributed by atoms with Crippen LogP contribution in [0.3, 0.4) is 0 Å². The molecule has 1 amide bonds. The highest BCUT2D eigenvalue weighted by atomic mass is 16.2. The van der Waals surface area contributed by atoms with E-state index >= 15 is 0 Å². The molecule has 4 heteroatoms. The Morgan fingerprint density at radius 3 is 2.15 bits per heavy atom. The predicted octanol–water partition coefficient (Wildman–Crippen LogP) is 2.41. The summed E-state index contributed by atoms with van der Waals surface area (Å²) in [6, 6.07) is 2.28. The molecule has 1 saturated carbocycles. The minimum Gasteiger partial charge on any atom is -0.337 e. The smallest absolute Gasteiger partial charge is 0.235 e. The minimum atomic E-state index is -0.682. The van der Waals surface area contributed by atoms with Gasteiger partial charge < -0.3 is 5.32 Å². The molecule has 0 aliphatic heterocycles. The van der Waals surface area contributed by atoms with Crippen molar-refractivity contribution in [3.63, 3.8) is 0 Å². The van der Waals surface area contributed by atoms with Crippen molar-refractivity contribution >= 4 is 5.91 Å². The van der Waals surface area contributed by atoms with Crippen LogP contribution in [0.4, 0.5) is 0 Å². The van der Waals surface area contributed by atoms with E-state index in [0.29, 0.717) is 24.3 Å². The highest BCUT2D eigenvalue weighted by molar-refractivity contribution is 5.79. The van der Waals surface area contributed by atoms with Gasteiger partial charge in [-0.3, -0.25) is 9.69 Å². The van der Waals surface area contributed by atoms with Crippen molar-refractivity contribution in [3.05, 3.63) is 0 Å². The van der Waals surface area contributed by atoms with Gasteiger partial charge in [-0.2, -0.15) is 5.26 Å². The lowest BCUT2D eigenvalue weighted by atomic mass is 9.98. The third kappa shape index (κ3) is 5.50. The zero-order valence-corrected chi connectivity index (χ0v) is 13.6. The Labute approximate surface area is 123 Å². The van der Waals surface area contributed by atoms with Gasteiger partial charge >= 0.3 is 0 Å². The molecular weight excluding hydrogens is 250 g/mol. The summed E-state index contributed by atoms with van der Waals surface area (Å²) < 4.78 is 0. The van der Waals surface area contributed by atoms with Gasteiger partial charge in [0.25, 0.3) is 0 Å². The van der Waals surface area contributed by atoms with Crippen LogP contribution in [0, 0.1) is 29.1 Å². The summed E-state index contributed by atoms with van der Waals surface area (Å²) >= 11 is 0. The molecule has 1 aliphatic carbocycles. The second-order valence-electron chi connectivity index (χ2n) is 7.12. The van der Waals surface area contributed by atoms with Gasteiger partial charge in [-0.1, -0.05) is 27.7 Å². The molecule has 0 heterocycles.